The average molecular weight is 449 g/mol. The standard InChI is InChI=1S/C20H17ClN2O6S/c1-10-14-17(24)22-16(13(21)9-11-3-5-12(6-4-11)19(25)26)23-18(14)30-15(10)20(27)29-8-7-28-2/h3-6,9H,7-8H2,1-2H3,(H,25,26)(H,22,23,24)/b13-9-. The number of rotatable bonds is 7. The Morgan fingerprint density at radius 1 is 1.27 bits per heavy atom. The van der Waals surface area contributed by atoms with Crippen molar-refractivity contribution in [2.24, 2.45) is 0 Å². The van der Waals surface area contributed by atoms with Crippen molar-refractivity contribution in [3.8, 4) is 0 Å². The van der Waals surface area contributed by atoms with Crippen LogP contribution in [-0.2, 0) is 9.47 Å². The van der Waals surface area contributed by atoms with Crippen LogP contribution in [0.25, 0.3) is 21.3 Å². The lowest BCUT2D eigenvalue weighted by Crippen LogP contribution is -2.11. The number of carboxylic acid groups (broad SMARTS) is 1. The van der Waals surface area contributed by atoms with Crippen molar-refractivity contribution < 1.29 is 24.2 Å². The summed E-state index contributed by atoms with van der Waals surface area (Å²) in [6, 6.07) is 6.07. The Hall–Kier alpha value is -3.01. The van der Waals surface area contributed by atoms with Gasteiger partial charge in [-0.15, -0.1) is 11.3 Å². The Morgan fingerprint density at radius 2 is 1.97 bits per heavy atom. The lowest BCUT2D eigenvalue weighted by atomic mass is 10.1. The van der Waals surface area contributed by atoms with E-state index in [4.69, 9.17) is 26.2 Å². The zero-order chi connectivity index (χ0) is 21.8. The highest BCUT2D eigenvalue weighted by Crippen LogP contribution is 2.29. The third-order valence-electron chi connectivity index (χ3n) is 4.18. The average Bonchev–Trinajstić information content (AvgIpc) is 3.05. The van der Waals surface area contributed by atoms with E-state index >= 15 is 0 Å². The highest BCUT2D eigenvalue weighted by molar-refractivity contribution is 7.20. The number of nitrogens with zero attached hydrogens (tertiary/aromatic N) is 1. The number of aryl methyl sites for hydroxylation is 1. The van der Waals surface area contributed by atoms with E-state index in [9.17, 15) is 14.4 Å². The summed E-state index contributed by atoms with van der Waals surface area (Å²) in [7, 11) is 1.50. The highest BCUT2D eigenvalue weighted by atomic mass is 35.5. The van der Waals surface area contributed by atoms with Gasteiger partial charge in [0.15, 0.2) is 5.82 Å². The molecule has 0 spiro atoms. The molecule has 10 heteroatoms. The van der Waals surface area contributed by atoms with Crippen molar-refractivity contribution in [1.29, 1.82) is 0 Å². The molecule has 2 heterocycles. The van der Waals surface area contributed by atoms with Gasteiger partial charge in [-0.05, 0) is 36.3 Å². The lowest BCUT2D eigenvalue weighted by molar-refractivity contribution is 0.0392. The van der Waals surface area contributed by atoms with Crippen LogP contribution < -0.4 is 5.56 Å². The number of halogens is 1. The number of hydrogen-bond donors (Lipinski definition) is 2. The molecule has 1 aromatic carbocycles. The molecule has 3 rings (SSSR count). The molecule has 8 nitrogen and oxygen atoms in total. The van der Waals surface area contributed by atoms with E-state index in [1.54, 1.807) is 25.1 Å². The number of hydrogen-bond acceptors (Lipinski definition) is 7. The number of fused-ring (bicyclic) bond motifs is 1. The minimum absolute atomic E-state index is 0.104. The molecular weight excluding hydrogens is 432 g/mol. The van der Waals surface area contributed by atoms with Crippen LogP contribution >= 0.6 is 22.9 Å². The zero-order valence-electron chi connectivity index (χ0n) is 16.0. The second-order valence-corrected chi connectivity index (χ2v) is 7.61. The minimum atomic E-state index is -1.03. The quantitative estimate of drug-likeness (QED) is 0.419. The van der Waals surface area contributed by atoms with E-state index in [2.05, 4.69) is 9.97 Å². The fourth-order valence-corrected chi connectivity index (χ4v) is 3.96. The fraction of sp³-hybridized carbons (Fsp3) is 0.200. The van der Waals surface area contributed by atoms with Crippen LogP contribution in [0.1, 0.15) is 37.0 Å². The molecule has 0 aliphatic heterocycles. The molecule has 0 unspecified atom stereocenters. The van der Waals surface area contributed by atoms with E-state index in [1.165, 1.54) is 19.2 Å². The van der Waals surface area contributed by atoms with Gasteiger partial charge in [0.05, 0.1) is 22.6 Å². The van der Waals surface area contributed by atoms with Gasteiger partial charge in [0, 0.05) is 7.11 Å². The molecule has 156 valence electrons. The van der Waals surface area contributed by atoms with Gasteiger partial charge in [-0.3, -0.25) is 4.79 Å². The Labute approximate surface area is 179 Å². The third-order valence-corrected chi connectivity index (χ3v) is 5.64. The molecule has 2 N–H and O–H groups in total. The van der Waals surface area contributed by atoms with Crippen molar-refractivity contribution in [1.82, 2.24) is 9.97 Å². The molecule has 0 radical (unpaired) electrons. The van der Waals surface area contributed by atoms with E-state index in [-0.39, 0.29) is 29.6 Å². The van der Waals surface area contributed by atoms with Gasteiger partial charge in [0.1, 0.15) is 16.3 Å². The molecule has 0 fully saturated rings. The van der Waals surface area contributed by atoms with Gasteiger partial charge in [-0.2, -0.15) is 0 Å². The predicted molar refractivity (Wildman–Crippen MR) is 114 cm³/mol. The summed E-state index contributed by atoms with van der Waals surface area (Å²) >= 11 is 7.37. The molecule has 0 atom stereocenters. The Balaban J connectivity index is 1.94. The smallest absolute Gasteiger partial charge is 0.348 e. The number of aromatic carboxylic acids is 1. The third kappa shape index (κ3) is 4.59. The van der Waals surface area contributed by atoms with Crippen molar-refractivity contribution in [3.05, 3.63) is 62.0 Å². The number of thiophene rings is 1. The number of H-pyrrole nitrogens is 1. The zero-order valence-corrected chi connectivity index (χ0v) is 17.6. The molecule has 0 saturated heterocycles. The number of benzene rings is 1. The molecule has 30 heavy (non-hydrogen) atoms. The summed E-state index contributed by atoms with van der Waals surface area (Å²) in [6.45, 7) is 2.03. The van der Waals surface area contributed by atoms with Crippen molar-refractivity contribution in [3.63, 3.8) is 0 Å². The number of carbonyl (C=O) groups excluding carboxylic acids is 1. The first-order chi connectivity index (χ1) is 14.3. The summed E-state index contributed by atoms with van der Waals surface area (Å²) in [6.07, 6.45) is 1.55. The molecule has 0 bridgehead atoms. The van der Waals surface area contributed by atoms with Crippen LogP contribution in [0.4, 0.5) is 0 Å². The van der Waals surface area contributed by atoms with E-state index in [1.807, 2.05) is 0 Å². The minimum Gasteiger partial charge on any atom is -0.478 e. The number of esters is 1. The number of aromatic amines is 1. The molecule has 0 saturated carbocycles. The summed E-state index contributed by atoms with van der Waals surface area (Å²) in [4.78, 5) is 43.4. The van der Waals surface area contributed by atoms with Gasteiger partial charge < -0.3 is 19.6 Å². The number of carbonyl (C=O) groups is 2. The van der Waals surface area contributed by atoms with Crippen LogP contribution in [0.2, 0.25) is 0 Å². The van der Waals surface area contributed by atoms with Gasteiger partial charge in [0.2, 0.25) is 0 Å². The maximum absolute atomic E-state index is 12.6. The maximum atomic E-state index is 12.6. The first-order valence-electron chi connectivity index (χ1n) is 8.72. The Kier molecular flexibility index (Phi) is 6.66. The van der Waals surface area contributed by atoms with Crippen LogP contribution in [0, 0.1) is 6.92 Å². The normalized spacial score (nSPS) is 11.6. The maximum Gasteiger partial charge on any atom is 0.348 e. The van der Waals surface area contributed by atoms with E-state index < -0.39 is 17.5 Å². The number of methoxy groups -OCH3 is 1. The Bertz CT molecular complexity index is 1200. The van der Waals surface area contributed by atoms with Gasteiger partial charge in [0.25, 0.3) is 5.56 Å². The van der Waals surface area contributed by atoms with Crippen molar-refractivity contribution in [2.75, 3.05) is 20.3 Å². The monoisotopic (exact) mass is 448 g/mol. The van der Waals surface area contributed by atoms with Crippen LogP contribution in [0.15, 0.2) is 29.1 Å². The summed E-state index contributed by atoms with van der Waals surface area (Å²) in [5.74, 6) is -1.44. The Morgan fingerprint density at radius 3 is 2.60 bits per heavy atom. The molecule has 0 amide bonds. The summed E-state index contributed by atoms with van der Waals surface area (Å²) in [5.41, 5.74) is 0.849. The molecule has 2 aromatic heterocycles. The van der Waals surface area contributed by atoms with Crippen molar-refractivity contribution in [2.45, 2.75) is 6.92 Å². The molecular formula is C20H17ClN2O6S. The number of ether oxygens (including phenoxy) is 2. The first-order valence-corrected chi connectivity index (χ1v) is 9.91. The number of carboxylic acids is 1. The second kappa shape index (κ2) is 9.21. The van der Waals surface area contributed by atoms with Gasteiger partial charge in [-0.1, -0.05) is 23.7 Å². The van der Waals surface area contributed by atoms with Gasteiger partial charge >= 0.3 is 11.9 Å². The van der Waals surface area contributed by atoms with Crippen LogP contribution in [0.3, 0.4) is 0 Å². The van der Waals surface area contributed by atoms with Crippen LogP contribution in [-0.4, -0.2) is 47.3 Å². The second-order valence-electron chi connectivity index (χ2n) is 6.20. The molecule has 0 aliphatic carbocycles. The van der Waals surface area contributed by atoms with Gasteiger partial charge in [-0.25, -0.2) is 14.6 Å². The lowest BCUT2D eigenvalue weighted by Gasteiger charge is -2.02. The van der Waals surface area contributed by atoms with E-state index in [0.29, 0.717) is 26.2 Å². The highest BCUT2D eigenvalue weighted by Gasteiger charge is 2.21. The topological polar surface area (TPSA) is 119 Å². The summed E-state index contributed by atoms with van der Waals surface area (Å²) < 4.78 is 9.98. The number of aromatic nitrogens is 2. The largest absolute Gasteiger partial charge is 0.478 e. The number of nitrogens with one attached hydrogen (secondary N) is 1. The molecule has 3 aromatic rings. The SMILES string of the molecule is COCCOC(=O)c1sc2nc(/C(Cl)=C/c3ccc(C(=O)O)cc3)[nH]c(=O)c2c1C. The summed E-state index contributed by atoms with van der Waals surface area (Å²) in [5, 5.41) is 9.42. The fourth-order valence-electron chi connectivity index (χ4n) is 2.67. The predicted octanol–water partition coefficient (Wildman–Crippen LogP) is 3.53. The van der Waals surface area contributed by atoms with Crippen LogP contribution in [0.5, 0.6) is 0 Å². The first kappa shape index (κ1) is 21.7. The molecule has 0 aliphatic rings. The van der Waals surface area contributed by atoms with Crippen molar-refractivity contribution >= 4 is 56.2 Å². The van der Waals surface area contributed by atoms with E-state index in [0.717, 1.165) is 11.3 Å².